The first-order chi connectivity index (χ1) is 12.3. The van der Waals surface area contributed by atoms with Gasteiger partial charge in [-0.25, -0.2) is 4.39 Å². The summed E-state index contributed by atoms with van der Waals surface area (Å²) in [5.41, 5.74) is 5.52. The lowest BCUT2D eigenvalue weighted by Crippen LogP contribution is -2.32. The van der Waals surface area contributed by atoms with Gasteiger partial charge in [0.2, 0.25) is 0 Å². The number of halogens is 2. The third-order valence-electron chi connectivity index (χ3n) is 4.61. The van der Waals surface area contributed by atoms with Gasteiger partial charge in [-0.05, 0) is 44.0 Å². The van der Waals surface area contributed by atoms with E-state index in [1.54, 1.807) is 13.2 Å². The van der Waals surface area contributed by atoms with E-state index in [1.165, 1.54) is 19.2 Å². The van der Waals surface area contributed by atoms with Crippen LogP contribution in [0.5, 0.6) is 11.5 Å². The molecule has 0 aromatic heterocycles. The molecule has 1 aliphatic heterocycles. The van der Waals surface area contributed by atoms with Crippen molar-refractivity contribution in [3.05, 3.63) is 47.3 Å². The molecule has 0 spiro atoms. The molecule has 0 fully saturated rings. The summed E-state index contributed by atoms with van der Waals surface area (Å²) in [4.78, 5) is 0. The number of alkyl halides is 1. The average Bonchev–Trinajstić information content (AvgIpc) is 2.59. The molecule has 0 unspecified atom stereocenters. The van der Waals surface area contributed by atoms with Crippen LogP contribution in [0.15, 0.2) is 30.3 Å². The molecule has 138 valence electrons. The van der Waals surface area contributed by atoms with Gasteiger partial charge in [0.15, 0.2) is 0 Å². The van der Waals surface area contributed by atoms with Gasteiger partial charge in [0.05, 0.1) is 19.8 Å². The maximum atomic E-state index is 13.7. The Kier molecular flexibility index (Phi) is 4.89. The highest BCUT2D eigenvalue weighted by Crippen LogP contribution is 2.47. The summed E-state index contributed by atoms with van der Waals surface area (Å²) in [5.74, 6) is 1.06. The minimum absolute atomic E-state index is 0.166. The molecule has 0 saturated carbocycles. The molecule has 1 heterocycles. The lowest BCUT2D eigenvalue weighted by molar-refractivity contribution is 0.408. The van der Waals surface area contributed by atoms with E-state index < -0.39 is 0 Å². The molecule has 0 bridgehead atoms. The summed E-state index contributed by atoms with van der Waals surface area (Å²) in [6.45, 7) is 6.31. The third kappa shape index (κ3) is 3.14. The Hall–Kier alpha value is -2.20. The summed E-state index contributed by atoms with van der Waals surface area (Å²) in [6, 6.07) is 6.46. The molecule has 5 heteroatoms. The second-order valence-electron chi connectivity index (χ2n) is 7.01. The van der Waals surface area contributed by atoms with E-state index in [1.807, 2.05) is 6.07 Å². The van der Waals surface area contributed by atoms with Crippen LogP contribution in [0.1, 0.15) is 31.9 Å². The standard InChI is InChI=1S/C21H23ClFNO2/c1-12-10-21(2,3)24-16-9-18(26-5)20(15(11-22)19(12)16)14-7-6-13(23)8-17(14)25-4/h6-10,24H,11H2,1-5H3. The van der Waals surface area contributed by atoms with Gasteiger partial charge in [0.1, 0.15) is 17.3 Å². The molecule has 3 rings (SSSR count). The molecule has 2 aromatic rings. The highest BCUT2D eigenvalue weighted by molar-refractivity contribution is 6.18. The lowest BCUT2D eigenvalue weighted by Gasteiger charge is -2.34. The van der Waals surface area contributed by atoms with Crippen LogP contribution in [0.3, 0.4) is 0 Å². The van der Waals surface area contributed by atoms with Crippen molar-refractivity contribution >= 4 is 22.9 Å². The van der Waals surface area contributed by atoms with Crippen molar-refractivity contribution in [3.8, 4) is 22.6 Å². The van der Waals surface area contributed by atoms with Crippen LogP contribution >= 0.6 is 11.6 Å². The third-order valence-corrected chi connectivity index (χ3v) is 4.88. The zero-order chi connectivity index (χ0) is 19.1. The van der Waals surface area contributed by atoms with E-state index in [-0.39, 0.29) is 11.4 Å². The van der Waals surface area contributed by atoms with Crippen LogP contribution in [-0.2, 0) is 5.88 Å². The van der Waals surface area contributed by atoms with Gasteiger partial charge >= 0.3 is 0 Å². The summed E-state index contributed by atoms with van der Waals surface area (Å²) in [6.07, 6.45) is 2.18. The second kappa shape index (κ2) is 6.84. The molecule has 1 aliphatic rings. The van der Waals surface area contributed by atoms with Crippen molar-refractivity contribution in [2.45, 2.75) is 32.2 Å². The number of methoxy groups -OCH3 is 2. The molecular formula is C21H23ClFNO2. The van der Waals surface area contributed by atoms with Crippen molar-refractivity contribution in [2.24, 2.45) is 0 Å². The van der Waals surface area contributed by atoms with Gasteiger partial charge in [-0.1, -0.05) is 6.08 Å². The van der Waals surface area contributed by atoms with Gasteiger partial charge in [-0.15, -0.1) is 11.6 Å². The van der Waals surface area contributed by atoms with Crippen LogP contribution in [0.2, 0.25) is 0 Å². The minimum atomic E-state index is -0.352. The Morgan fingerprint density at radius 2 is 1.77 bits per heavy atom. The fourth-order valence-electron chi connectivity index (χ4n) is 3.72. The number of ether oxygens (including phenoxy) is 2. The second-order valence-corrected chi connectivity index (χ2v) is 7.27. The first-order valence-corrected chi connectivity index (χ1v) is 8.96. The van der Waals surface area contributed by atoms with E-state index in [9.17, 15) is 4.39 Å². The van der Waals surface area contributed by atoms with E-state index >= 15 is 0 Å². The Bertz CT molecular complexity index is 890. The largest absolute Gasteiger partial charge is 0.496 e. The molecule has 0 radical (unpaired) electrons. The molecule has 1 N–H and O–H groups in total. The lowest BCUT2D eigenvalue weighted by atomic mass is 9.85. The van der Waals surface area contributed by atoms with E-state index in [0.717, 1.165) is 33.5 Å². The minimum Gasteiger partial charge on any atom is -0.496 e. The summed E-state index contributed by atoms with van der Waals surface area (Å²) in [7, 11) is 3.15. The summed E-state index contributed by atoms with van der Waals surface area (Å²) in [5, 5.41) is 3.53. The van der Waals surface area contributed by atoms with Crippen LogP contribution < -0.4 is 14.8 Å². The number of hydrogen-bond donors (Lipinski definition) is 1. The Balaban J connectivity index is 2.36. The molecule has 0 saturated heterocycles. The molecule has 26 heavy (non-hydrogen) atoms. The highest BCUT2D eigenvalue weighted by atomic mass is 35.5. The topological polar surface area (TPSA) is 30.5 Å². The number of hydrogen-bond acceptors (Lipinski definition) is 3. The van der Waals surface area contributed by atoms with Crippen LogP contribution in [0.25, 0.3) is 16.7 Å². The number of fused-ring (bicyclic) bond motifs is 1. The van der Waals surface area contributed by atoms with Crippen molar-refractivity contribution < 1.29 is 13.9 Å². The molecule has 0 amide bonds. The fraction of sp³-hybridized carbons (Fsp3) is 0.333. The predicted octanol–water partition coefficient (Wildman–Crippen LogP) is 5.86. The highest BCUT2D eigenvalue weighted by Gasteiger charge is 2.28. The summed E-state index contributed by atoms with van der Waals surface area (Å²) >= 11 is 6.39. The maximum Gasteiger partial charge on any atom is 0.129 e. The average molecular weight is 376 g/mol. The van der Waals surface area contributed by atoms with Gasteiger partial charge in [-0.2, -0.15) is 0 Å². The fourth-order valence-corrected chi connectivity index (χ4v) is 3.99. The Labute approximate surface area is 158 Å². The number of allylic oxidation sites excluding steroid dienone is 1. The van der Waals surface area contributed by atoms with Gasteiger partial charge in [-0.3, -0.25) is 0 Å². The monoisotopic (exact) mass is 375 g/mol. The molecular weight excluding hydrogens is 353 g/mol. The number of anilines is 1. The predicted molar refractivity (Wildman–Crippen MR) is 106 cm³/mol. The van der Waals surface area contributed by atoms with Crippen LogP contribution in [0.4, 0.5) is 10.1 Å². The number of rotatable bonds is 4. The first kappa shape index (κ1) is 18.6. The zero-order valence-corrected chi connectivity index (χ0v) is 16.4. The zero-order valence-electron chi connectivity index (χ0n) is 15.7. The first-order valence-electron chi connectivity index (χ1n) is 8.43. The Morgan fingerprint density at radius 3 is 2.38 bits per heavy atom. The van der Waals surface area contributed by atoms with E-state index in [2.05, 4.69) is 32.2 Å². The van der Waals surface area contributed by atoms with E-state index in [4.69, 9.17) is 21.1 Å². The van der Waals surface area contributed by atoms with Crippen LogP contribution in [0, 0.1) is 5.82 Å². The van der Waals surface area contributed by atoms with Crippen molar-refractivity contribution in [2.75, 3.05) is 19.5 Å². The van der Waals surface area contributed by atoms with Crippen molar-refractivity contribution in [1.29, 1.82) is 0 Å². The van der Waals surface area contributed by atoms with Gasteiger partial charge in [0.25, 0.3) is 0 Å². The maximum absolute atomic E-state index is 13.7. The SMILES string of the molecule is COc1cc(F)ccc1-c1c(OC)cc2c(c1CCl)C(C)=CC(C)(C)N2. The van der Waals surface area contributed by atoms with Crippen molar-refractivity contribution in [1.82, 2.24) is 0 Å². The molecule has 0 atom stereocenters. The Morgan fingerprint density at radius 1 is 1.08 bits per heavy atom. The van der Waals surface area contributed by atoms with E-state index in [0.29, 0.717) is 17.4 Å². The normalized spacial score (nSPS) is 15.0. The number of nitrogens with one attached hydrogen (secondary N) is 1. The molecule has 3 nitrogen and oxygen atoms in total. The smallest absolute Gasteiger partial charge is 0.129 e. The summed E-state index contributed by atoms with van der Waals surface area (Å²) < 4.78 is 24.8. The number of benzene rings is 2. The van der Waals surface area contributed by atoms with Crippen LogP contribution in [-0.4, -0.2) is 19.8 Å². The van der Waals surface area contributed by atoms with Crippen molar-refractivity contribution in [3.63, 3.8) is 0 Å². The molecule has 0 aliphatic carbocycles. The van der Waals surface area contributed by atoms with Gasteiger partial charge < -0.3 is 14.8 Å². The molecule has 2 aromatic carbocycles. The quantitative estimate of drug-likeness (QED) is 0.679. The van der Waals surface area contributed by atoms with Gasteiger partial charge in [0, 0.05) is 40.4 Å².